The molecule has 0 saturated carbocycles. The molecule has 3 heteroatoms. The maximum Gasteiger partial charge on any atom is 0.0975 e. The van der Waals surface area contributed by atoms with Crippen molar-refractivity contribution in [2.75, 3.05) is 0 Å². The number of hydrogen-bond donors (Lipinski definition) is 1. The van der Waals surface area contributed by atoms with Crippen LogP contribution in [0.25, 0.3) is 0 Å². The Morgan fingerprint density at radius 1 is 1.12 bits per heavy atom. The highest BCUT2D eigenvalue weighted by Crippen LogP contribution is 2.16. The second-order valence-corrected chi connectivity index (χ2v) is 4.02. The predicted octanol–water partition coefficient (Wildman–Crippen LogP) is 2.53. The van der Waals surface area contributed by atoms with Gasteiger partial charge in [-0.1, -0.05) is 30.3 Å². The second kappa shape index (κ2) is 6.11. The van der Waals surface area contributed by atoms with E-state index in [2.05, 4.69) is 22.1 Å². The first-order valence-electron chi connectivity index (χ1n) is 5.84. The predicted molar refractivity (Wildman–Crippen MR) is 66.4 cm³/mol. The highest BCUT2D eigenvalue weighted by Gasteiger charge is 2.08. The first-order valence-corrected chi connectivity index (χ1v) is 5.84. The lowest BCUT2D eigenvalue weighted by atomic mass is 10.0. The van der Waals surface area contributed by atoms with Crippen molar-refractivity contribution in [3.8, 4) is 0 Å². The van der Waals surface area contributed by atoms with Crippen LogP contribution in [0.2, 0.25) is 0 Å². The molecular formula is C14H16N2O. The Morgan fingerprint density at radius 3 is 2.65 bits per heavy atom. The number of benzene rings is 1. The standard InChI is InChI=1S/C14H16N2O/c17-14(13-11-15-9-10-16-13)8-4-7-12-5-2-1-3-6-12/h1-3,5-6,9-11,14,17H,4,7-8H2. The van der Waals surface area contributed by atoms with Crippen LogP contribution in [-0.2, 0) is 6.42 Å². The minimum atomic E-state index is -0.507. The molecule has 0 aliphatic rings. The minimum Gasteiger partial charge on any atom is -0.387 e. The molecule has 0 bridgehead atoms. The normalized spacial score (nSPS) is 12.3. The third-order valence-electron chi connectivity index (χ3n) is 2.71. The Hall–Kier alpha value is -1.74. The van der Waals surface area contributed by atoms with Crippen LogP contribution in [0, 0.1) is 0 Å². The summed E-state index contributed by atoms with van der Waals surface area (Å²) in [5.74, 6) is 0. The SMILES string of the molecule is OC(CCCc1ccccc1)c1cnccn1. The topological polar surface area (TPSA) is 46.0 Å². The van der Waals surface area contributed by atoms with Gasteiger partial charge in [-0.2, -0.15) is 0 Å². The molecule has 0 spiro atoms. The van der Waals surface area contributed by atoms with Gasteiger partial charge in [0, 0.05) is 12.4 Å². The average Bonchev–Trinajstić information content (AvgIpc) is 2.41. The molecule has 17 heavy (non-hydrogen) atoms. The van der Waals surface area contributed by atoms with Crippen molar-refractivity contribution in [1.29, 1.82) is 0 Å². The second-order valence-electron chi connectivity index (χ2n) is 4.02. The minimum absolute atomic E-state index is 0.507. The fourth-order valence-electron chi connectivity index (χ4n) is 1.77. The molecule has 88 valence electrons. The van der Waals surface area contributed by atoms with Gasteiger partial charge in [0.25, 0.3) is 0 Å². The van der Waals surface area contributed by atoms with Gasteiger partial charge in [-0.25, -0.2) is 0 Å². The highest BCUT2D eigenvalue weighted by atomic mass is 16.3. The van der Waals surface area contributed by atoms with Crippen molar-refractivity contribution in [2.24, 2.45) is 0 Å². The Bertz CT molecular complexity index is 430. The van der Waals surface area contributed by atoms with E-state index >= 15 is 0 Å². The monoisotopic (exact) mass is 228 g/mol. The molecular weight excluding hydrogens is 212 g/mol. The number of aryl methyl sites for hydroxylation is 1. The summed E-state index contributed by atoms with van der Waals surface area (Å²) in [6, 6.07) is 10.3. The van der Waals surface area contributed by atoms with Crippen LogP contribution in [0.1, 0.15) is 30.2 Å². The van der Waals surface area contributed by atoms with Crippen LogP contribution < -0.4 is 0 Å². The van der Waals surface area contributed by atoms with Crippen molar-refractivity contribution < 1.29 is 5.11 Å². The van der Waals surface area contributed by atoms with E-state index in [9.17, 15) is 5.11 Å². The van der Waals surface area contributed by atoms with Gasteiger partial charge in [-0.05, 0) is 24.8 Å². The van der Waals surface area contributed by atoms with E-state index in [4.69, 9.17) is 0 Å². The van der Waals surface area contributed by atoms with Crippen molar-refractivity contribution in [1.82, 2.24) is 9.97 Å². The lowest BCUT2D eigenvalue weighted by Gasteiger charge is -2.08. The van der Waals surface area contributed by atoms with Crippen molar-refractivity contribution in [3.63, 3.8) is 0 Å². The molecule has 1 N–H and O–H groups in total. The molecule has 0 aliphatic carbocycles. The zero-order chi connectivity index (χ0) is 11.9. The Kier molecular flexibility index (Phi) is 4.22. The highest BCUT2D eigenvalue weighted by molar-refractivity contribution is 5.14. The number of rotatable bonds is 5. The van der Waals surface area contributed by atoms with E-state index in [1.807, 2.05) is 18.2 Å². The number of aliphatic hydroxyl groups is 1. The van der Waals surface area contributed by atoms with E-state index in [1.54, 1.807) is 18.6 Å². The van der Waals surface area contributed by atoms with E-state index in [-0.39, 0.29) is 0 Å². The molecule has 1 aromatic carbocycles. The van der Waals surface area contributed by atoms with Crippen LogP contribution in [0.15, 0.2) is 48.9 Å². The van der Waals surface area contributed by atoms with Gasteiger partial charge in [0.15, 0.2) is 0 Å². The van der Waals surface area contributed by atoms with Crippen molar-refractivity contribution >= 4 is 0 Å². The third-order valence-corrected chi connectivity index (χ3v) is 2.71. The molecule has 0 fully saturated rings. The molecule has 1 unspecified atom stereocenters. The van der Waals surface area contributed by atoms with Gasteiger partial charge in [-0.15, -0.1) is 0 Å². The largest absolute Gasteiger partial charge is 0.387 e. The smallest absolute Gasteiger partial charge is 0.0975 e. The van der Waals surface area contributed by atoms with Crippen LogP contribution in [-0.4, -0.2) is 15.1 Å². The van der Waals surface area contributed by atoms with E-state index < -0.39 is 6.10 Å². The Balaban J connectivity index is 1.79. The molecule has 0 saturated heterocycles. The average molecular weight is 228 g/mol. The fraction of sp³-hybridized carbons (Fsp3) is 0.286. The van der Waals surface area contributed by atoms with E-state index in [0.29, 0.717) is 12.1 Å². The lowest BCUT2D eigenvalue weighted by molar-refractivity contribution is 0.159. The molecule has 0 radical (unpaired) electrons. The molecule has 0 aliphatic heterocycles. The summed E-state index contributed by atoms with van der Waals surface area (Å²) in [7, 11) is 0. The summed E-state index contributed by atoms with van der Waals surface area (Å²) in [5, 5.41) is 9.90. The van der Waals surface area contributed by atoms with Gasteiger partial charge in [0.2, 0.25) is 0 Å². The zero-order valence-corrected chi connectivity index (χ0v) is 9.66. The van der Waals surface area contributed by atoms with Gasteiger partial charge < -0.3 is 5.11 Å². The van der Waals surface area contributed by atoms with Gasteiger partial charge in [-0.3, -0.25) is 9.97 Å². The molecule has 2 rings (SSSR count). The third kappa shape index (κ3) is 3.64. The van der Waals surface area contributed by atoms with Crippen molar-refractivity contribution in [2.45, 2.75) is 25.4 Å². The van der Waals surface area contributed by atoms with Crippen molar-refractivity contribution in [3.05, 3.63) is 60.2 Å². The summed E-state index contributed by atoms with van der Waals surface area (Å²) < 4.78 is 0. The fourth-order valence-corrected chi connectivity index (χ4v) is 1.77. The maximum atomic E-state index is 9.90. The molecule has 2 aromatic rings. The molecule has 1 aromatic heterocycles. The Morgan fingerprint density at radius 2 is 1.94 bits per heavy atom. The molecule has 1 atom stereocenters. The van der Waals surface area contributed by atoms with E-state index in [1.165, 1.54) is 5.56 Å². The molecule has 1 heterocycles. The number of nitrogens with zero attached hydrogens (tertiary/aromatic N) is 2. The van der Waals surface area contributed by atoms with Gasteiger partial charge in [0.1, 0.15) is 0 Å². The summed E-state index contributed by atoms with van der Waals surface area (Å²) in [6.45, 7) is 0. The first kappa shape index (κ1) is 11.7. The van der Waals surface area contributed by atoms with Crippen LogP contribution in [0.5, 0.6) is 0 Å². The maximum absolute atomic E-state index is 9.90. The first-order chi connectivity index (χ1) is 8.36. The summed E-state index contributed by atoms with van der Waals surface area (Å²) in [6.07, 6.45) is 6.98. The molecule has 3 nitrogen and oxygen atoms in total. The Labute approximate surface area is 101 Å². The number of aromatic nitrogens is 2. The quantitative estimate of drug-likeness (QED) is 0.855. The number of hydrogen-bond acceptors (Lipinski definition) is 3. The summed E-state index contributed by atoms with van der Waals surface area (Å²) in [4.78, 5) is 8.04. The van der Waals surface area contributed by atoms with Crippen LogP contribution in [0.4, 0.5) is 0 Å². The lowest BCUT2D eigenvalue weighted by Crippen LogP contribution is -2.01. The summed E-state index contributed by atoms with van der Waals surface area (Å²) in [5.41, 5.74) is 1.96. The van der Waals surface area contributed by atoms with Gasteiger partial charge in [0.05, 0.1) is 18.0 Å². The van der Waals surface area contributed by atoms with Crippen LogP contribution in [0.3, 0.4) is 0 Å². The van der Waals surface area contributed by atoms with Crippen LogP contribution >= 0.6 is 0 Å². The molecule has 0 amide bonds. The summed E-state index contributed by atoms with van der Waals surface area (Å²) >= 11 is 0. The van der Waals surface area contributed by atoms with Gasteiger partial charge >= 0.3 is 0 Å². The van der Waals surface area contributed by atoms with E-state index in [0.717, 1.165) is 12.8 Å². The zero-order valence-electron chi connectivity index (χ0n) is 9.66. The number of aliphatic hydroxyl groups excluding tert-OH is 1.